The first kappa shape index (κ1) is 43.8. The Morgan fingerprint density at radius 3 is 2.48 bits per heavy atom. The van der Waals surface area contributed by atoms with Crippen molar-refractivity contribution in [3.63, 3.8) is 0 Å². The first-order valence-corrected chi connectivity index (χ1v) is 24.4. The quantitative estimate of drug-likeness (QED) is 0.120. The highest BCUT2D eigenvalue weighted by atomic mass is 35.5. The highest BCUT2D eigenvalue weighted by Crippen LogP contribution is 2.56. The number of H-pyrrole nitrogens is 1. The first-order chi connectivity index (χ1) is 31.3. The third kappa shape index (κ3) is 7.00. The van der Waals surface area contributed by atoms with Crippen LogP contribution in [-0.2, 0) is 26.5 Å². The molecule has 2 fully saturated rings. The summed E-state index contributed by atoms with van der Waals surface area (Å²) in [4.78, 5) is 52.8. The summed E-state index contributed by atoms with van der Waals surface area (Å²) in [5, 5.41) is 5.29. The number of amides is 1. The Bertz CT molecular complexity index is 3340. The minimum Gasteiger partial charge on any atom is -0.402 e. The number of nitrogens with zero attached hydrogens (tertiary/aromatic N) is 7. The number of aryl methyl sites for hydroxylation is 2. The van der Waals surface area contributed by atoms with Crippen molar-refractivity contribution in [3.8, 4) is 5.69 Å². The summed E-state index contributed by atoms with van der Waals surface area (Å²) in [6.07, 6.45) is 7.24. The van der Waals surface area contributed by atoms with Crippen molar-refractivity contribution >= 4 is 49.7 Å². The van der Waals surface area contributed by atoms with Crippen LogP contribution in [0.25, 0.3) is 16.6 Å². The molecule has 344 valence electrons. The number of nitrogens with one attached hydrogen (secondary N) is 1. The van der Waals surface area contributed by atoms with Gasteiger partial charge in [-0.1, -0.05) is 29.7 Å². The Labute approximate surface area is 385 Å². The van der Waals surface area contributed by atoms with Gasteiger partial charge in [-0.05, 0) is 125 Å². The van der Waals surface area contributed by atoms with E-state index < -0.39 is 32.8 Å². The molecule has 3 aliphatic heterocycles. The van der Waals surface area contributed by atoms with Crippen molar-refractivity contribution in [2.45, 2.75) is 102 Å². The lowest BCUT2D eigenvalue weighted by Crippen LogP contribution is -2.49. The van der Waals surface area contributed by atoms with Crippen LogP contribution in [0.3, 0.4) is 0 Å². The third-order valence-electron chi connectivity index (χ3n) is 14.1. The normalized spacial score (nSPS) is 25.1. The van der Waals surface area contributed by atoms with Crippen LogP contribution in [0.4, 0.5) is 10.1 Å². The zero-order valence-electron chi connectivity index (χ0n) is 37.8. The predicted molar refractivity (Wildman–Crippen MR) is 250 cm³/mol. The average Bonchev–Trinajstić information content (AvgIpc) is 3.71. The van der Waals surface area contributed by atoms with Gasteiger partial charge >= 0.3 is 11.4 Å². The van der Waals surface area contributed by atoms with Gasteiger partial charge in [-0.25, -0.2) is 27.5 Å². The van der Waals surface area contributed by atoms with Crippen LogP contribution < -0.4 is 17.2 Å². The summed E-state index contributed by atoms with van der Waals surface area (Å²) >= 11 is 6.92. The molecular weight excluding hydrogens is 885 g/mol. The number of carbonyl (C=O) groups excluding carboxylic acids is 1. The van der Waals surface area contributed by atoms with Crippen molar-refractivity contribution in [3.05, 3.63) is 138 Å². The number of hydrogen-bond donors (Lipinski definition) is 2. The number of rotatable bonds is 7. The first-order valence-electron chi connectivity index (χ1n) is 22.1. The minimum atomic E-state index is -2.62. The monoisotopic (exact) mass is 935 g/mol. The zero-order valence-corrected chi connectivity index (χ0v) is 39.3. The van der Waals surface area contributed by atoms with E-state index in [0.717, 1.165) is 29.3 Å². The molecule has 0 bridgehead atoms. The molecule has 5 atom stereocenters. The molecule has 6 aromatic rings. The number of hydrogen-bond acceptors (Lipinski definition) is 10. The second-order valence-corrected chi connectivity index (χ2v) is 21.6. The van der Waals surface area contributed by atoms with Crippen LogP contribution in [0.15, 0.2) is 101 Å². The summed E-state index contributed by atoms with van der Waals surface area (Å²) in [5.41, 5.74) is 10.5. The molecule has 3 N–H and O–H groups in total. The SMILES string of the molecule is Cc1cc(N=C(C2=C(N)CCN(C(=O)c3cc4cc([C@H]5CCOC(C)(C)C5)ccc4n3[C@@]3(c4noc(=O)[nH]4)C[C@@H]3C)[C@H]2C)n2ccn(-c3ccc4c(c3Cl)CN=S4(C)=O)c2=O)cc(C)c1F. The van der Waals surface area contributed by atoms with E-state index in [-0.39, 0.29) is 59.5 Å². The van der Waals surface area contributed by atoms with E-state index in [1.54, 1.807) is 61.7 Å². The molecular formula is C48H51ClFN9O6S. The van der Waals surface area contributed by atoms with Gasteiger partial charge in [0, 0.05) is 66.0 Å². The van der Waals surface area contributed by atoms with Gasteiger partial charge in [-0.15, -0.1) is 0 Å². The van der Waals surface area contributed by atoms with E-state index in [0.29, 0.717) is 68.8 Å². The van der Waals surface area contributed by atoms with E-state index in [1.807, 2.05) is 17.6 Å². The van der Waals surface area contributed by atoms with Crippen molar-refractivity contribution in [1.29, 1.82) is 0 Å². The van der Waals surface area contributed by atoms with Crippen LogP contribution in [0.1, 0.15) is 97.9 Å². The van der Waals surface area contributed by atoms with E-state index in [1.165, 1.54) is 9.13 Å². The maximum atomic E-state index is 15.5. The van der Waals surface area contributed by atoms with Crippen LogP contribution in [-0.4, -0.2) is 75.7 Å². The Morgan fingerprint density at radius 2 is 1.80 bits per heavy atom. The number of halogens is 2. The Kier molecular flexibility index (Phi) is 10.3. The number of aromatic nitrogens is 5. The molecule has 3 aromatic heterocycles. The number of benzene rings is 3. The third-order valence-corrected chi connectivity index (χ3v) is 16.3. The van der Waals surface area contributed by atoms with Crippen molar-refractivity contribution in [2.75, 3.05) is 19.4 Å². The average molecular weight is 937 g/mol. The zero-order chi connectivity index (χ0) is 46.8. The molecule has 1 unspecified atom stereocenters. The fourth-order valence-corrected chi connectivity index (χ4v) is 12.4. The number of aliphatic imine (C=N–C) groups is 1. The van der Waals surface area contributed by atoms with Crippen LogP contribution in [0.2, 0.25) is 5.02 Å². The highest BCUT2D eigenvalue weighted by molar-refractivity contribution is 7.93. The molecule has 18 heteroatoms. The number of fused-ring (bicyclic) bond motifs is 2. The van der Waals surface area contributed by atoms with Gasteiger partial charge in [0.05, 0.1) is 49.2 Å². The van der Waals surface area contributed by atoms with Gasteiger partial charge in [0.25, 0.3) is 5.91 Å². The van der Waals surface area contributed by atoms with Crippen molar-refractivity contribution in [2.24, 2.45) is 21.0 Å². The summed E-state index contributed by atoms with van der Waals surface area (Å²) < 4.78 is 48.2. The molecule has 0 radical (unpaired) electrons. The van der Waals surface area contributed by atoms with Gasteiger partial charge in [0.1, 0.15) is 22.9 Å². The number of carbonyl (C=O) groups is 1. The topological polar surface area (TPSA) is 188 Å². The fraction of sp³-hybridized carbons (Fsp3) is 0.396. The molecule has 1 aliphatic carbocycles. The lowest BCUT2D eigenvalue weighted by atomic mass is 9.83. The van der Waals surface area contributed by atoms with Crippen LogP contribution >= 0.6 is 11.6 Å². The van der Waals surface area contributed by atoms with E-state index >= 15 is 9.18 Å². The van der Waals surface area contributed by atoms with E-state index in [2.05, 4.69) is 53.5 Å². The van der Waals surface area contributed by atoms with E-state index in [4.69, 9.17) is 31.6 Å². The molecule has 0 spiro atoms. The molecule has 66 heavy (non-hydrogen) atoms. The Morgan fingerprint density at radius 1 is 1.06 bits per heavy atom. The number of ether oxygens (including phenoxy) is 1. The lowest BCUT2D eigenvalue weighted by Gasteiger charge is -2.37. The van der Waals surface area contributed by atoms with Gasteiger partial charge in [0.2, 0.25) is 0 Å². The van der Waals surface area contributed by atoms with Gasteiger partial charge < -0.3 is 19.9 Å². The summed E-state index contributed by atoms with van der Waals surface area (Å²) in [6, 6.07) is 14.0. The maximum absolute atomic E-state index is 15.5. The standard InChI is InChI=1S/C48H51ClFN9O6S/c1-25-18-32(19-26(2)41(25)50)53-42(58-16-15-57(46(58)62)36-10-11-38-33(40(36)49)24-52-66(38,7)63)39-28(4)56(14-12-34(39)51)43(60)37-21-31-20-29(30-13-17-64-47(5,6)23-30)8-9-35(31)59(37)48(22-27(48)3)44-54-45(61)65-55-44/h8-11,15-16,18-21,27-28,30H,12-14,17,22-24,51H2,1-7H3,(H,54,55,61)/t27-,28-,30-,48-,66?/m0/s1. The molecule has 6 heterocycles. The largest absolute Gasteiger partial charge is 0.438 e. The molecule has 4 aliphatic rings. The van der Waals surface area contributed by atoms with E-state index in [9.17, 15) is 13.8 Å². The van der Waals surface area contributed by atoms with Crippen LogP contribution in [0.5, 0.6) is 0 Å². The molecule has 15 nitrogen and oxygen atoms in total. The molecule has 1 saturated heterocycles. The second kappa shape index (κ2) is 15.5. The maximum Gasteiger partial charge on any atom is 0.438 e. The van der Waals surface area contributed by atoms with Gasteiger partial charge in [-0.3, -0.25) is 23.4 Å². The Hall–Kier alpha value is -6.04. The molecule has 3 aromatic carbocycles. The molecule has 10 rings (SSSR count). The summed E-state index contributed by atoms with van der Waals surface area (Å²) in [7, 11) is -2.62. The van der Waals surface area contributed by atoms with Crippen molar-refractivity contribution < 1.29 is 22.7 Å². The Balaban J connectivity index is 1.10. The number of aromatic amines is 1. The lowest BCUT2D eigenvalue weighted by molar-refractivity contribution is -0.0592. The number of imidazole rings is 1. The van der Waals surface area contributed by atoms with Gasteiger partial charge in [0.15, 0.2) is 5.82 Å². The predicted octanol–water partition coefficient (Wildman–Crippen LogP) is 7.83. The van der Waals surface area contributed by atoms with Crippen LogP contribution in [0, 0.1) is 25.6 Å². The summed E-state index contributed by atoms with van der Waals surface area (Å²) in [6.45, 7) is 12.4. The molecule has 1 amide bonds. The number of nitrogens with two attached hydrogens (primary N) is 1. The molecule has 1 saturated carbocycles. The second-order valence-electron chi connectivity index (χ2n) is 18.9. The fourth-order valence-electron chi connectivity index (χ4n) is 10.5. The minimum absolute atomic E-state index is 0.0156. The summed E-state index contributed by atoms with van der Waals surface area (Å²) in [5.74, 6) is -0.635. The highest BCUT2D eigenvalue weighted by Gasteiger charge is 2.59. The van der Waals surface area contributed by atoms with Crippen molar-refractivity contribution in [1.82, 2.24) is 28.7 Å². The smallest absolute Gasteiger partial charge is 0.402 e. The van der Waals surface area contributed by atoms with Gasteiger partial charge in [-0.2, -0.15) is 0 Å².